The van der Waals surface area contributed by atoms with Crippen molar-refractivity contribution >= 4 is 52.9 Å². The summed E-state index contributed by atoms with van der Waals surface area (Å²) in [4.78, 5) is 12.7. The fourth-order valence-corrected chi connectivity index (χ4v) is 2.74. The molecule has 134 valence electrons. The molecule has 0 aliphatic heterocycles. The van der Waals surface area contributed by atoms with Crippen molar-refractivity contribution < 1.29 is 0 Å². The Labute approximate surface area is 166 Å². The van der Waals surface area contributed by atoms with Crippen LogP contribution in [0.2, 0.25) is 10.0 Å². The zero-order valence-corrected chi connectivity index (χ0v) is 15.6. The number of rotatable bonds is 6. The first kappa shape index (κ1) is 18.6. The van der Waals surface area contributed by atoms with Gasteiger partial charge in [0.05, 0.1) is 6.54 Å². The molecule has 0 aliphatic rings. The smallest absolute Gasteiger partial charge is 0.175 e. The highest BCUT2D eigenvalue weighted by Crippen LogP contribution is 2.28. The molecule has 0 bridgehead atoms. The van der Waals surface area contributed by atoms with Crippen LogP contribution >= 0.6 is 23.2 Å². The largest absolute Gasteiger partial charge is 0.337 e. The lowest BCUT2D eigenvalue weighted by Crippen LogP contribution is -2.08. The normalized spacial score (nSPS) is 10.1. The van der Waals surface area contributed by atoms with Crippen LogP contribution in [0, 0.1) is 11.3 Å². The molecule has 6 nitrogen and oxygen atoms in total. The van der Waals surface area contributed by atoms with E-state index in [2.05, 4.69) is 32.3 Å². The minimum atomic E-state index is 0.170. The first-order valence-electron chi connectivity index (χ1n) is 7.87. The monoisotopic (exact) mass is 396 g/mol. The van der Waals surface area contributed by atoms with Gasteiger partial charge in [-0.05, 0) is 43.1 Å². The molecule has 0 fully saturated rings. The summed E-state index contributed by atoms with van der Waals surface area (Å²) >= 11 is 12.1. The van der Waals surface area contributed by atoms with Crippen LogP contribution in [0.1, 0.15) is 11.4 Å². The maximum absolute atomic E-state index is 9.40. The van der Waals surface area contributed by atoms with Crippen LogP contribution in [0.15, 0.2) is 53.5 Å². The highest BCUT2D eigenvalue weighted by Gasteiger charge is 2.14. The van der Waals surface area contributed by atoms with Gasteiger partial charge in [0, 0.05) is 21.4 Å². The summed E-state index contributed by atoms with van der Waals surface area (Å²) in [5.41, 5.74) is 2.04. The molecule has 1 heterocycles. The molecule has 0 amide bonds. The Morgan fingerprint density at radius 2 is 1.52 bits per heavy atom. The van der Waals surface area contributed by atoms with Gasteiger partial charge in [-0.3, -0.25) is 4.99 Å². The zero-order valence-electron chi connectivity index (χ0n) is 14.1. The lowest BCUT2D eigenvalue weighted by Gasteiger charge is -2.14. The summed E-state index contributed by atoms with van der Waals surface area (Å²) in [6.45, 7) is 3.64. The van der Waals surface area contributed by atoms with E-state index >= 15 is 0 Å². The van der Waals surface area contributed by atoms with Gasteiger partial charge in [-0.25, -0.2) is 9.97 Å². The number of anilines is 4. The summed E-state index contributed by atoms with van der Waals surface area (Å²) in [7, 11) is 0. The molecule has 0 spiro atoms. The number of aliphatic imine (C=N–C) groups is 1. The molecule has 0 aliphatic carbocycles. The number of halogens is 2. The van der Waals surface area contributed by atoms with E-state index in [0.717, 1.165) is 5.69 Å². The highest BCUT2D eigenvalue weighted by atomic mass is 35.5. The average Bonchev–Trinajstić information content (AvgIpc) is 2.64. The van der Waals surface area contributed by atoms with Crippen LogP contribution in [0.4, 0.5) is 23.0 Å². The summed E-state index contributed by atoms with van der Waals surface area (Å²) in [6, 6.07) is 16.4. The quantitative estimate of drug-likeness (QED) is 0.548. The molecule has 2 N–H and O–H groups in total. The second-order valence-electron chi connectivity index (χ2n) is 5.48. The van der Waals surface area contributed by atoms with Gasteiger partial charge in [-0.15, -0.1) is 0 Å². The third-order valence-corrected chi connectivity index (χ3v) is 3.98. The second kappa shape index (κ2) is 8.49. The number of hydrogen-bond donors (Lipinski definition) is 2. The summed E-state index contributed by atoms with van der Waals surface area (Å²) in [5, 5.41) is 16.9. The van der Waals surface area contributed by atoms with Crippen molar-refractivity contribution in [2.45, 2.75) is 6.54 Å². The van der Waals surface area contributed by atoms with E-state index in [1.54, 1.807) is 24.3 Å². The van der Waals surface area contributed by atoms with E-state index in [1.807, 2.05) is 30.3 Å². The molecule has 0 unspecified atom stereocenters. The van der Waals surface area contributed by atoms with Gasteiger partial charge in [0.2, 0.25) is 0 Å². The minimum absolute atomic E-state index is 0.170. The third kappa shape index (κ3) is 4.73. The first-order chi connectivity index (χ1) is 13.1. The van der Waals surface area contributed by atoms with Crippen molar-refractivity contribution in [3.63, 3.8) is 0 Å². The van der Waals surface area contributed by atoms with E-state index < -0.39 is 0 Å². The Morgan fingerprint density at radius 1 is 0.963 bits per heavy atom. The Balaban J connectivity index is 2.05. The van der Waals surface area contributed by atoms with Gasteiger partial charge in [-0.2, -0.15) is 5.26 Å². The predicted octanol–water partition coefficient (Wildman–Crippen LogP) is 5.34. The maximum atomic E-state index is 9.40. The van der Waals surface area contributed by atoms with Crippen LogP contribution in [0.25, 0.3) is 0 Å². The fourth-order valence-electron chi connectivity index (χ4n) is 2.36. The van der Waals surface area contributed by atoms with Crippen molar-refractivity contribution in [2.24, 2.45) is 4.99 Å². The second-order valence-corrected chi connectivity index (χ2v) is 6.35. The number of benzene rings is 2. The van der Waals surface area contributed by atoms with E-state index in [1.165, 1.54) is 0 Å². The van der Waals surface area contributed by atoms with E-state index in [9.17, 15) is 5.26 Å². The number of nitriles is 1. The lowest BCUT2D eigenvalue weighted by atomic mass is 10.2. The Hall–Kier alpha value is -3.14. The topological polar surface area (TPSA) is 86.0 Å². The Bertz CT molecular complexity index is 1030. The summed E-state index contributed by atoms with van der Waals surface area (Å²) in [5.74, 6) is 0.802. The van der Waals surface area contributed by atoms with E-state index in [4.69, 9.17) is 23.2 Å². The molecular weight excluding hydrogens is 383 g/mol. The molecule has 8 heteroatoms. The average molecular weight is 397 g/mol. The summed E-state index contributed by atoms with van der Waals surface area (Å²) < 4.78 is 0. The van der Waals surface area contributed by atoms with Gasteiger partial charge in [-0.1, -0.05) is 35.3 Å². The standard InChI is InChI=1S/C19H14Cl2N6/c1-23-11-17-16(10-22)26-18(24-14-6-2-4-12(20)8-14)19(27-17)25-15-7-3-5-13(21)9-15/h2-9H,1,11H2,(H,24,26)(H,25,27). The zero-order chi connectivity index (χ0) is 19.2. The Kier molecular flexibility index (Phi) is 5.87. The SMILES string of the molecule is C=NCc1nc(Nc2cccc(Cl)c2)c(Nc2cccc(Cl)c2)nc1C#N. The number of nitrogens with one attached hydrogen (secondary N) is 2. The summed E-state index contributed by atoms with van der Waals surface area (Å²) in [6.07, 6.45) is 0. The highest BCUT2D eigenvalue weighted by molar-refractivity contribution is 6.31. The van der Waals surface area contributed by atoms with Crippen LogP contribution in [0.5, 0.6) is 0 Å². The first-order valence-corrected chi connectivity index (χ1v) is 8.63. The minimum Gasteiger partial charge on any atom is -0.337 e. The molecule has 0 atom stereocenters. The van der Waals surface area contributed by atoms with E-state index in [0.29, 0.717) is 33.1 Å². The Morgan fingerprint density at radius 3 is 2.00 bits per heavy atom. The molecule has 27 heavy (non-hydrogen) atoms. The van der Waals surface area contributed by atoms with Crippen molar-refractivity contribution in [2.75, 3.05) is 10.6 Å². The number of aromatic nitrogens is 2. The molecular formula is C19H14Cl2N6. The molecule has 3 rings (SSSR count). The van der Waals surface area contributed by atoms with Crippen molar-refractivity contribution in [1.82, 2.24) is 9.97 Å². The van der Waals surface area contributed by atoms with Gasteiger partial charge in [0.1, 0.15) is 11.8 Å². The molecule has 2 aromatic carbocycles. The van der Waals surface area contributed by atoms with Crippen LogP contribution in [0.3, 0.4) is 0 Å². The number of nitrogens with zero attached hydrogens (tertiary/aromatic N) is 4. The molecule has 3 aromatic rings. The maximum Gasteiger partial charge on any atom is 0.175 e. The lowest BCUT2D eigenvalue weighted by molar-refractivity contribution is 0.962. The van der Waals surface area contributed by atoms with Crippen LogP contribution in [-0.4, -0.2) is 16.7 Å². The van der Waals surface area contributed by atoms with Gasteiger partial charge >= 0.3 is 0 Å². The molecule has 1 aromatic heterocycles. The van der Waals surface area contributed by atoms with Crippen LogP contribution in [-0.2, 0) is 6.54 Å². The molecule has 0 saturated carbocycles. The van der Waals surface area contributed by atoms with E-state index in [-0.39, 0.29) is 12.2 Å². The van der Waals surface area contributed by atoms with Gasteiger partial charge in [0.25, 0.3) is 0 Å². The number of hydrogen-bond acceptors (Lipinski definition) is 6. The van der Waals surface area contributed by atoms with Crippen molar-refractivity contribution in [3.05, 3.63) is 70.0 Å². The molecule has 0 radical (unpaired) electrons. The van der Waals surface area contributed by atoms with Crippen LogP contribution < -0.4 is 10.6 Å². The van der Waals surface area contributed by atoms with Gasteiger partial charge < -0.3 is 10.6 Å². The van der Waals surface area contributed by atoms with Crippen molar-refractivity contribution in [1.29, 1.82) is 5.26 Å². The fraction of sp³-hybridized carbons (Fsp3) is 0.0526. The van der Waals surface area contributed by atoms with Crippen molar-refractivity contribution in [3.8, 4) is 6.07 Å². The third-order valence-electron chi connectivity index (χ3n) is 3.51. The predicted molar refractivity (Wildman–Crippen MR) is 109 cm³/mol. The molecule has 0 saturated heterocycles. The van der Waals surface area contributed by atoms with Gasteiger partial charge in [0.15, 0.2) is 17.3 Å².